The first-order chi connectivity index (χ1) is 9.11. The molecule has 0 saturated carbocycles. The number of nitrogens with one attached hydrogen (secondary N) is 1. The molecule has 0 heterocycles. The Hall–Kier alpha value is -1.55. The SMILES string of the molecule is CCC(O)CNC(=O)CCCOc1cccc(C)c1. The molecular formula is C15H23NO3. The smallest absolute Gasteiger partial charge is 0.220 e. The van der Waals surface area contributed by atoms with Gasteiger partial charge in [-0.25, -0.2) is 0 Å². The van der Waals surface area contributed by atoms with Crippen LogP contribution in [0.4, 0.5) is 0 Å². The lowest BCUT2D eigenvalue weighted by atomic mass is 10.2. The molecule has 0 bridgehead atoms. The highest BCUT2D eigenvalue weighted by Crippen LogP contribution is 2.12. The van der Waals surface area contributed by atoms with Gasteiger partial charge in [0.1, 0.15) is 5.75 Å². The lowest BCUT2D eigenvalue weighted by molar-refractivity contribution is -0.121. The Morgan fingerprint density at radius 1 is 1.47 bits per heavy atom. The van der Waals surface area contributed by atoms with Crippen molar-refractivity contribution in [3.8, 4) is 5.75 Å². The van der Waals surface area contributed by atoms with Crippen LogP contribution in [0.3, 0.4) is 0 Å². The Kier molecular flexibility index (Phi) is 6.97. The number of carbonyl (C=O) groups excluding carboxylic acids is 1. The van der Waals surface area contributed by atoms with Crippen LogP contribution in [0.5, 0.6) is 5.75 Å². The molecule has 4 nitrogen and oxygen atoms in total. The molecule has 0 spiro atoms. The van der Waals surface area contributed by atoms with Gasteiger partial charge in [-0.05, 0) is 37.5 Å². The summed E-state index contributed by atoms with van der Waals surface area (Å²) in [5, 5.41) is 12.0. The second-order valence-corrected chi connectivity index (χ2v) is 4.63. The number of hydrogen-bond acceptors (Lipinski definition) is 3. The van der Waals surface area contributed by atoms with E-state index in [1.807, 2.05) is 38.1 Å². The fraction of sp³-hybridized carbons (Fsp3) is 0.533. The van der Waals surface area contributed by atoms with Crippen molar-refractivity contribution in [1.29, 1.82) is 0 Å². The summed E-state index contributed by atoms with van der Waals surface area (Å²) in [4.78, 5) is 11.5. The third-order valence-corrected chi connectivity index (χ3v) is 2.81. The average Bonchev–Trinajstić information content (AvgIpc) is 2.41. The molecule has 0 fully saturated rings. The van der Waals surface area contributed by atoms with Crippen molar-refractivity contribution in [3.05, 3.63) is 29.8 Å². The molecule has 0 aliphatic rings. The van der Waals surface area contributed by atoms with Gasteiger partial charge in [0, 0.05) is 13.0 Å². The molecule has 1 rings (SSSR count). The first-order valence-electron chi connectivity index (χ1n) is 6.76. The zero-order chi connectivity index (χ0) is 14.1. The molecule has 0 aromatic heterocycles. The van der Waals surface area contributed by atoms with Gasteiger partial charge in [-0.3, -0.25) is 4.79 Å². The van der Waals surface area contributed by atoms with Crippen molar-refractivity contribution in [3.63, 3.8) is 0 Å². The maximum Gasteiger partial charge on any atom is 0.220 e. The monoisotopic (exact) mass is 265 g/mol. The van der Waals surface area contributed by atoms with Crippen LogP contribution in [0.1, 0.15) is 31.7 Å². The van der Waals surface area contributed by atoms with Gasteiger partial charge in [-0.1, -0.05) is 19.1 Å². The summed E-state index contributed by atoms with van der Waals surface area (Å²) in [6.45, 7) is 4.74. The second kappa shape index (κ2) is 8.53. The van der Waals surface area contributed by atoms with Gasteiger partial charge >= 0.3 is 0 Å². The molecule has 0 aliphatic carbocycles. The van der Waals surface area contributed by atoms with Crippen LogP contribution in [0.2, 0.25) is 0 Å². The zero-order valence-electron chi connectivity index (χ0n) is 11.7. The van der Waals surface area contributed by atoms with E-state index in [9.17, 15) is 9.90 Å². The maximum absolute atomic E-state index is 11.5. The Balaban J connectivity index is 2.12. The number of amides is 1. The van der Waals surface area contributed by atoms with Gasteiger partial charge in [0.25, 0.3) is 0 Å². The van der Waals surface area contributed by atoms with Crippen LogP contribution >= 0.6 is 0 Å². The number of aryl methyl sites for hydroxylation is 1. The molecule has 1 aromatic rings. The molecule has 1 atom stereocenters. The molecule has 2 N–H and O–H groups in total. The summed E-state index contributed by atoms with van der Waals surface area (Å²) < 4.78 is 5.55. The Morgan fingerprint density at radius 3 is 2.95 bits per heavy atom. The number of ether oxygens (including phenoxy) is 1. The Morgan fingerprint density at radius 2 is 2.26 bits per heavy atom. The largest absolute Gasteiger partial charge is 0.494 e. The van der Waals surface area contributed by atoms with Crippen LogP contribution in [-0.2, 0) is 4.79 Å². The molecule has 0 radical (unpaired) electrons. The van der Waals surface area contributed by atoms with E-state index < -0.39 is 6.10 Å². The molecule has 0 saturated heterocycles. The van der Waals surface area contributed by atoms with Crippen molar-refractivity contribution in [2.75, 3.05) is 13.2 Å². The molecule has 1 amide bonds. The van der Waals surface area contributed by atoms with Crippen LogP contribution in [0.15, 0.2) is 24.3 Å². The highest BCUT2D eigenvalue weighted by Gasteiger charge is 2.04. The molecule has 19 heavy (non-hydrogen) atoms. The summed E-state index contributed by atoms with van der Waals surface area (Å²) in [6, 6.07) is 7.84. The number of hydrogen-bond donors (Lipinski definition) is 2. The normalized spacial score (nSPS) is 11.9. The molecule has 106 valence electrons. The minimum atomic E-state index is -0.451. The molecule has 1 aromatic carbocycles. The van der Waals surface area contributed by atoms with E-state index in [2.05, 4.69) is 5.32 Å². The average molecular weight is 265 g/mol. The molecular weight excluding hydrogens is 242 g/mol. The summed E-state index contributed by atoms with van der Waals surface area (Å²) in [5.74, 6) is 0.794. The van der Waals surface area contributed by atoms with E-state index >= 15 is 0 Å². The van der Waals surface area contributed by atoms with Crippen molar-refractivity contribution in [2.45, 2.75) is 39.2 Å². The minimum absolute atomic E-state index is 0.0413. The van der Waals surface area contributed by atoms with E-state index in [0.717, 1.165) is 11.3 Å². The molecule has 4 heteroatoms. The summed E-state index contributed by atoms with van der Waals surface area (Å²) in [6.07, 6.45) is 1.29. The predicted octanol–water partition coefficient (Wildman–Crippen LogP) is 2.04. The van der Waals surface area contributed by atoms with Crippen molar-refractivity contribution < 1.29 is 14.6 Å². The zero-order valence-corrected chi connectivity index (χ0v) is 11.7. The summed E-state index contributed by atoms with van der Waals surface area (Å²) in [5.41, 5.74) is 1.16. The predicted molar refractivity (Wildman–Crippen MR) is 75.2 cm³/mol. The number of aliphatic hydroxyl groups excluding tert-OH is 1. The molecule has 1 unspecified atom stereocenters. The van der Waals surface area contributed by atoms with E-state index in [-0.39, 0.29) is 5.91 Å². The summed E-state index contributed by atoms with van der Waals surface area (Å²) in [7, 11) is 0. The topological polar surface area (TPSA) is 58.6 Å². The fourth-order valence-corrected chi connectivity index (χ4v) is 1.59. The highest BCUT2D eigenvalue weighted by molar-refractivity contribution is 5.75. The van der Waals surface area contributed by atoms with Gasteiger partial charge in [-0.2, -0.15) is 0 Å². The highest BCUT2D eigenvalue weighted by atomic mass is 16.5. The van der Waals surface area contributed by atoms with Crippen LogP contribution in [0.25, 0.3) is 0 Å². The van der Waals surface area contributed by atoms with Crippen molar-refractivity contribution in [2.24, 2.45) is 0 Å². The number of benzene rings is 1. The van der Waals surface area contributed by atoms with E-state index in [1.54, 1.807) is 0 Å². The van der Waals surface area contributed by atoms with E-state index in [0.29, 0.717) is 32.4 Å². The van der Waals surface area contributed by atoms with Crippen LogP contribution in [0, 0.1) is 6.92 Å². The lowest BCUT2D eigenvalue weighted by Gasteiger charge is -2.10. The number of carbonyl (C=O) groups is 1. The van der Waals surface area contributed by atoms with Crippen molar-refractivity contribution >= 4 is 5.91 Å². The Labute approximate surface area is 114 Å². The maximum atomic E-state index is 11.5. The van der Waals surface area contributed by atoms with E-state index in [1.165, 1.54) is 0 Å². The first-order valence-corrected chi connectivity index (χ1v) is 6.76. The van der Waals surface area contributed by atoms with Gasteiger partial charge in [0.15, 0.2) is 0 Å². The van der Waals surface area contributed by atoms with E-state index in [4.69, 9.17) is 4.74 Å². The van der Waals surface area contributed by atoms with Gasteiger partial charge in [0.05, 0.1) is 12.7 Å². The fourth-order valence-electron chi connectivity index (χ4n) is 1.59. The van der Waals surface area contributed by atoms with Crippen molar-refractivity contribution in [1.82, 2.24) is 5.32 Å². The van der Waals surface area contributed by atoms with Gasteiger partial charge in [-0.15, -0.1) is 0 Å². The Bertz CT molecular complexity index is 393. The molecule has 0 aliphatic heterocycles. The quantitative estimate of drug-likeness (QED) is 0.707. The third kappa shape index (κ3) is 6.82. The van der Waals surface area contributed by atoms with Crippen LogP contribution in [-0.4, -0.2) is 30.3 Å². The first kappa shape index (κ1) is 15.5. The van der Waals surface area contributed by atoms with Gasteiger partial charge in [0.2, 0.25) is 5.91 Å². The third-order valence-electron chi connectivity index (χ3n) is 2.81. The van der Waals surface area contributed by atoms with Gasteiger partial charge < -0.3 is 15.2 Å². The standard InChI is InChI=1S/C15H23NO3/c1-3-13(17)11-16-15(18)8-5-9-19-14-7-4-6-12(2)10-14/h4,6-7,10,13,17H,3,5,8-9,11H2,1-2H3,(H,16,18). The number of rotatable bonds is 8. The summed E-state index contributed by atoms with van der Waals surface area (Å²) >= 11 is 0. The van der Waals surface area contributed by atoms with Crippen LogP contribution < -0.4 is 10.1 Å². The number of aliphatic hydroxyl groups is 1. The minimum Gasteiger partial charge on any atom is -0.494 e. The second-order valence-electron chi connectivity index (χ2n) is 4.63. The lowest BCUT2D eigenvalue weighted by Crippen LogP contribution is -2.31.